The Morgan fingerprint density at radius 3 is 2.82 bits per heavy atom. The summed E-state index contributed by atoms with van der Waals surface area (Å²) in [4.78, 5) is 0. The second-order valence-electron chi connectivity index (χ2n) is 4.94. The molecule has 1 aliphatic rings. The molecule has 0 aliphatic carbocycles. The molecule has 1 saturated heterocycles. The molecule has 3 heteroatoms. The third-order valence-corrected chi connectivity index (χ3v) is 3.80. The van der Waals surface area contributed by atoms with Gasteiger partial charge in [-0.1, -0.05) is 28.1 Å². The molecule has 94 valence electrons. The molecule has 17 heavy (non-hydrogen) atoms. The van der Waals surface area contributed by atoms with Crippen LogP contribution in [0.5, 0.6) is 0 Å². The Hall–Kier alpha value is -0.380. The highest BCUT2D eigenvalue weighted by molar-refractivity contribution is 9.10. The fourth-order valence-electron chi connectivity index (χ4n) is 2.43. The number of rotatable bonds is 4. The molecule has 1 fully saturated rings. The maximum Gasteiger partial charge on any atom is 0.0195 e. The highest BCUT2D eigenvalue weighted by Gasteiger charge is 2.14. The van der Waals surface area contributed by atoms with Crippen molar-refractivity contribution in [3.8, 4) is 0 Å². The minimum absolute atomic E-state index is 0.543. The molecular formula is C14H21BrN2. The number of hydrogen-bond acceptors (Lipinski definition) is 2. The second-order valence-corrected chi connectivity index (χ2v) is 5.86. The largest absolute Gasteiger partial charge is 0.315 e. The lowest BCUT2D eigenvalue weighted by atomic mass is 10.0. The molecule has 0 saturated carbocycles. The Bertz CT molecular complexity index is 331. The lowest BCUT2D eigenvalue weighted by molar-refractivity contribution is 0.357. The Morgan fingerprint density at radius 2 is 2.18 bits per heavy atom. The summed E-state index contributed by atoms with van der Waals surface area (Å²) in [5.41, 5.74) is 1.40. The van der Waals surface area contributed by atoms with Crippen molar-refractivity contribution in [1.29, 1.82) is 0 Å². The maximum absolute atomic E-state index is 3.71. The highest BCUT2D eigenvalue weighted by atomic mass is 79.9. The van der Waals surface area contributed by atoms with Crippen molar-refractivity contribution in [2.24, 2.45) is 0 Å². The maximum atomic E-state index is 3.71. The first kappa shape index (κ1) is 13.1. The molecule has 1 aromatic carbocycles. The molecule has 2 N–H and O–H groups in total. The van der Waals surface area contributed by atoms with Crippen molar-refractivity contribution >= 4 is 15.9 Å². The fourth-order valence-corrected chi connectivity index (χ4v) is 2.69. The van der Waals surface area contributed by atoms with E-state index in [0.717, 1.165) is 17.4 Å². The molecule has 0 bridgehead atoms. The quantitative estimate of drug-likeness (QED) is 0.893. The molecular weight excluding hydrogens is 276 g/mol. The first-order valence-electron chi connectivity index (χ1n) is 6.45. The molecule has 0 spiro atoms. The van der Waals surface area contributed by atoms with Crippen molar-refractivity contribution < 1.29 is 0 Å². The van der Waals surface area contributed by atoms with Gasteiger partial charge in [-0.15, -0.1) is 0 Å². The third-order valence-electron chi connectivity index (χ3n) is 3.27. The SMILES string of the molecule is CC(Cc1ccc(Br)cc1)NC1CCCNC1. The molecule has 0 radical (unpaired) electrons. The zero-order chi connectivity index (χ0) is 12.1. The van der Waals surface area contributed by atoms with Crippen LogP contribution in [0.4, 0.5) is 0 Å². The van der Waals surface area contributed by atoms with E-state index in [1.54, 1.807) is 0 Å². The lowest BCUT2D eigenvalue weighted by Gasteiger charge is -2.27. The van der Waals surface area contributed by atoms with Crippen LogP contribution in [0.15, 0.2) is 28.7 Å². The molecule has 0 amide bonds. The molecule has 0 aromatic heterocycles. The van der Waals surface area contributed by atoms with Crippen LogP contribution in [0.25, 0.3) is 0 Å². The summed E-state index contributed by atoms with van der Waals surface area (Å²) in [6.45, 7) is 4.57. The van der Waals surface area contributed by atoms with Gasteiger partial charge in [0.15, 0.2) is 0 Å². The first-order valence-corrected chi connectivity index (χ1v) is 7.24. The van der Waals surface area contributed by atoms with E-state index < -0.39 is 0 Å². The number of hydrogen-bond donors (Lipinski definition) is 2. The predicted octanol–water partition coefficient (Wildman–Crippen LogP) is 2.72. The number of piperidine rings is 1. The van der Waals surface area contributed by atoms with Gasteiger partial charge in [0.1, 0.15) is 0 Å². The average molecular weight is 297 g/mol. The Kier molecular flexibility index (Phi) is 5.01. The molecule has 2 unspecified atom stereocenters. The van der Waals surface area contributed by atoms with Crippen molar-refractivity contribution in [2.75, 3.05) is 13.1 Å². The predicted molar refractivity (Wildman–Crippen MR) is 76.3 cm³/mol. The number of halogens is 1. The van der Waals surface area contributed by atoms with Crippen LogP contribution < -0.4 is 10.6 Å². The van der Waals surface area contributed by atoms with Crippen molar-refractivity contribution in [1.82, 2.24) is 10.6 Å². The molecule has 2 atom stereocenters. The third kappa shape index (κ3) is 4.41. The van der Waals surface area contributed by atoms with Crippen LogP contribution in [0, 0.1) is 0 Å². The summed E-state index contributed by atoms with van der Waals surface area (Å²) in [5.74, 6) is 0. The summed E-state index contributed by atoms with van der Waals surface area (Å²) >= 11 is 3.47. The van der Waals surface area contributed by atoms with Gasteiger partial charge in [0.05, 0.1) is 0 Å². The van der Waals surface area contributed by atoms with Crippen molar-refractivity contribution in [2.45, 2.75) is 38.3 Å². The van der Waals surface area contributed by atoms with Gasteiger partial charge < -0.3 is 10.6 Å². The zero-order valence-electron chi connectivity index (χ0n) is 10.4. The number of nitrogens with one attached hydrogen (secondary N) is 2. The van der Waals surface area contributed by atoms with E-state index in [9.17, 15) is 0 Å². The van der Waals surface area contributed by atoms with Crippen molar-refractivity contribution in [3.63, 3.8) is 0 Å². The molecule has 2 rings (SSSR count). The topological polar surface area (TPSA) is 24.1 Å². The normalized spacial score (nSPS) is 22.4. The smallest absolute Gasteiger partial charge is 0.0195 e. The standard InChI is InChI=1S/C14H21BrN2/c1-11(17-14-3-2-8-16-10-14)9-12-4-6-13(15)7-5-12/h4-7,11,14,16-17H,2-3,8-10H2,1H3. The fraction of sp³-hybridized carbons (Fsp3) is 0.571. The second kappa shape index (κ2) is 6.53. The highest BCUT2D eigenvalue weighted by Crippen LogP contribution is 2.12. The first-order chi connectivity index (χ1) is 8.24. The number of benzene rings is 1. The van der Waals surface area contributed by atoms with Gasteiger partial charge in [0.25, 0.3) is 0 Å². The van der Waals surface area contributed by atoms with E-state index >= 15 is 0 Å². The van der Waals surface area contributed by atoms with Crippen LogP contribution in [-0.2, 0) is 6.42 Å². The summed E-state index contributed by atoms with van der Waals surface area (Å²) in [6, 6.07) is 9.81. The van der Waals surface area contributed by atoms with E-state index in [1.807, 2.05) is 0 Å². The van der Waals surface area contributed by atoms with Gasteiger partial charge in [0, 0.05) is 23.1 Å². The Labute approximate surface area is 112 Å². The van der Waals surface area contributed by atoms with Gasteiger partial charge in [-0.25, -0.2) is 0 Å². The minimum Gasteiger partial charge on any atom is -0.315 e. The van der Waals surface area contributed by atoms with Gasteiger partial charge >= 0.3 is 0 Å². The molecule has 1 heterocycles. The van der Waals surface area contributed by atoms with Gasteiger partial charge in [-0.05, 0) is 50.4 Å². The van der Waals surface area contributed by atoms with Crippen LogP contribution in [0.3, 0.4) is 0 Å². The Morgan fingerprint density at radius 1 is 1.41 bits per heavy atom. The lowest BCUT2D eigenvalue weighted by Crippen LogP contribution is -2.47. The monoisotopic (exact) mass is 296 g/mol. The van der Waals surface area contributed by atoms with Crippen molar-refractivity contribution in [3.05, 3.63) is 34.3 Å². The van der Waals surface area contributed by atoms with Crippen LogP contribution in [0.2, 0.25) is 0 Å². The van der Waals surface area contributed by atoms with Gasteiger partial charge in [0.2, 0.25) is 0 Å². The molecule has 1 aromatic rings. The van der Waals surface area contributed by atoms with Crippen LogP contribution in [-0.4, -0.2) is 25.2 Å². The summed E-state index contributed by atoms with van der Waals surface area (Å²) in [5, 5.41) is 7.15. The van der Waals surface area contributed by atoms with Crippen LogP contribution in [0.1, 0.15) is 25.3 Å². The minimum atomic E-state index is 0.543. The molecule has 1 aliphatic heterocycles. The summed E-state index contributed by atoms with van der Waals surface area (Å²) in [7, 11) is 0. The summed E-state index contributed by atoms with van der Waals surface area (Å²) in [6.07, 6.45) is 3.70. The Balaban J connectivity index is 1.79. The van der Waals surface area contributed by atoms with Gasteiger partial charge in [-0.3, -0.25) is 0 Å². The van der Waals surface area contributed by atoms with E-state index in [4.69, 9.17) is 0 Å². The van der Waals surface area contributed by atoms with E-state index in [0.29, 0.717) is 12.1 Å². The average Bonchev–Trinajstić information content (AvgIpc) is 2.33. The van der Waals surface area contributed by atoms with E-state index in [2.05, 4.69) is 57.8 Å². The van der Waals surface area contributed by atoms with E-state index in [1.165, 1.54) is 24.9 Å². The van der Waals surface area contributed by atoms with Gasteiger partial charge in [-0.2, -0.15) is 0 Å². The van der Waals surface area contributed by atoms with E-state index in [-0.39, 0.29) is 0 Å². The zero-order valence-corrected chi connectivity index (χ0v) is 12.0. The van der Waals surface area contributed by atoms with Crippen LogP contribution >= 0.6 is 15.9 Å². The molecule has 2 nitrogen and oxygen atoms in total. The summed E-state index contributed by atoms with van der Waals surface area (Å²) < 4.78 is 1.15.